The van der Waals surface area contributed by atoms with Crippen molar-refractivity contribution in [2.45, 2.75) is 35.4 Å². The van der Waals surface area contributed by atoms with Gasteiger partial charge in [0, 0.05) is 30.0 Å². The number of ketones is 2. The Labute approximate surface area is 165 Å². The molecule has 3 heterocycles. The van der Waals surface area contributed by atoms with E-state index in [2.05, 4.69) is 10.6 Å². The lowest BCUT2D eigenvalue weighted by atomic mass is 9.98. The van der Waals surface area contributed by atoms with E-state index in [4.69, 9.17) is 4.42 Å². The van der Waals surface area contributed by atoms with Crippen LogP contribution in [0.2, 0.25) is 0 Å². The lowest BCUT2D eigenvalue weighted by molar-refractivity contribution is -0.125. The maximum atomic E-state index is 12.9. The number of thioether (sulfide) groups is 2. The Balaban J connectivity index is 1.40. The lowest BCUT2D eigenvalue weighted by Crippen LogP contribution is -2.49. The number of carbonyl (C=O) groups is 3. The second-order valence-corrected chi connectivity index (χ2v) is 8.89. The zero-order valence-corrected chi connectivity index (χ0v) is 16.2. The van der Waals surface area contributed by atoms with Crippen LogP contribution in [0, 0.1) is 0 Å². The molecule has 1 aromatic carbocycles. The Kier molecular flexibility index (Phi) is 5.68. The van der Waals surface area contributed by atoms with Crippen LogP contribution in [-0.2, 0) is 20.8 Å². The Bertz CT molecular complexity index is 835. The molecule has 1 aromatic heterocycles. The van der Waals surface area contributed by atoms with E-state index < -0.39 is 22.6 Å². The summed E-state index contributed by atoms with van der Waals surface area (Å²) >= 11 is 2.89. The molecule has 2 saturated heterocycles. The van der Waals surface area contributed by atoms with Crippen molar-refractivity contribution in [1.29, 1.82) is 0 Å². The third kappa shape index (κ3) is 3.85. The Morgan fingerprint density at radius 1 is 1.15 bits per heavy atom. The van der Waals surface area contributed by atoms with Gasteiger partial charge in [-0.1, -0.05) is 18.2 Å². The van der Waals surface area contributed by atoms with E-state index in [-0.39, 0.29) is 11.6 Å². The van der Waals surface area contributed by atoms with Gasteiger partial charge in [0.2, 0.25) is 0 Å². The zero-order valence-electron chi connectivity index (χ0n) is 14.6. The second-order valence-electron chi connectivity index (χ2n) is 6.63. The summed E-state index contributed by atoms with van der Waals surface area (Å²) in [4.78, 5) is 36.8. The molecule has 4 rings (SSSR count). The molecule has 2 aliphatic rings. The number of carbonyl (C=O) groups excluding carboxylic acids is 3. The van der Waals surface area contributed by atoms with Crippen molar-refractivity contribution in [2.24, 2.45) is 0 Å². The smallest absolute Gasteiger partial charge is 0.166 e. The van der Waals surface area contributed by atoms with Crippen molar-refractivity contribution in [3.05, 3.63) is 36.1 Å². The second kappa shape index (κ2) is 8.18. The summed E-state index contributed by atoms with van der Waals surface area (Å²) < 4.78 is 5.77. The number of aldehydes is 1. The van der Waals surface area contributed by atoms with Gasteiger partial charge in [-0.3, -0.25) is 20.2 Å². The summed E-state index contributed by atoms with van der Waals surface area (Å²) in [6.45, 7) is 0. The zero-order chi connectivity index (χ0) is 18.8. The normalized spacial score (nSPS) is 27.9. The molecule has 8 heteroatoms. The number of benzene rings is 1. The van der Waals surface area contributed by atoms with Crippen LogP contribution >= 0.6 is 23.5 Å². The highest BCUT2D eigenvalue weighted by Crippen LogP contribution is 2.30. The molecular formula is C19H20N2O4S2. The van der Waals surface area contributed by atoms with E-state index in [1.807, 2.05) is 30.3 Å². The van der Waals surface area contributed by atoms with Crippen LogP contribution < -0.4 is 10.6 Å². The third-order valence-electron chi connectivity index (χ3n) is 4.92. The highest BCUT2D eigenvalue weighted by atomic mass is 32.2. The summed E-state index contributed by atoms with van der Waals surface area (Å²) in [6.07, 6.45) is 1.63. The Hall–Kier alpha value is -1.61. The minimum absolute atomic E-state index is 0.0439. The van der Waals surface area contributed by atoms with Crippen molar-refractivity contribution < 1.29 is 18.8 Å². The summed E-state index contributed by atoms with van der Waals surface area (Å²) in [7, 11) is 0. The molecule has 142 valence electrons. The number of hydrogen-bond donors (Lipinski definition) is 2. The van der Waals surface area contributed by atoms with E-state index >= 15 is 0 Å². The molecule has 27 heavy (non-hydrogen) atoms. The maximum Gasteiger partial charge on any atom is 0.166 e. The van der Waals surface area contributed by atoms with E-state index in [1.54, 1.807) is 0 Å². The Morgan fingerprint density at radius 3 is 2.74 bits per heavy atom. The van der Waals surface area contributed by atoms with Crippen LogP contribution in [0.1, 0.15) is 12.2 Å². The quantitative estimate of drug-likeness (QED) is 0.675. The van der Waals surface area contributed by atoms with Gasteiger partial charge < -0.3 is 9.21 Å². The molecule has 0 bridgehead atoms. The summed E-state index contributed by atoms with van der Waals surface area (Å²) in [5, 5.41) is 6.34. The molecular weight excluding hydrogens is 384 g/mol. The van der Waals surface area contributed by atoms with E-state index in [1.165, 1.54) is 23.5 Å². The van der Waals surface area contributed by atoms with Gasteiger partial charge >= 0.3 is 0 Å². The SMILES string of the molecule is O=C[C@H]1NCSC1C(=O)[C@H]1NCSC1C(=O)CCc1cc2ccccc2o1. The molecule has 6 nitrogen and oxygen atoms in total. The van der Waals surface area contributed by atoms with Crippen molar-refractivity contribution in [3.8, 4) is 0 Å². The molecule has 2 unspecified atom stereocenters. The fourth-order valence-electron chi connectivity index (χ4n) is 3.51. The monoisotopic (exact) mass is 404 g/mol. The average molecular weight is 405 g/mol. The first-order valence-electron chi connectivity index (χ1n) is 8.86. The van der Waals surface area contributed by atoms with Crippen molar-refractivity contribution in [3.63, 3.8) is 0 Å². The fourth-order valence-corrected chi connectivity index (χ4v) is 5.84. The number of para-hydroxylation sites is 1. The number of Topliss-reactive ketones (excluding diaryl/α,β-unsaturated/α-hetero) is 2. The van der Waals surface area contributed by atoms with E-state index in [0.29, 0.717) is 24.6 Å². The van der Waals surface area contributed by atoms with Crippen molar-refractivity contribution >= 4 is 52.3 Å². The van der Waals surface area contributed by atoms with Gasteiger partial charge in [0.05, 0.1) is 22.6 Å². The molecule has 0 aliphatic carbocycles. The molecule has 2 fully saturated rings. The predicted molar refractivity (Wildman–Crippen MR) is 107 cm³/mol. The number of nitrogens with one attached hydrogen (secondary N) is 2. The number of hydrogen-bond acceptors (Lipinski definition) is 8. The van der Waals surface area contributed by atoms with Gasteiger partial charge in [-0.05, 0) is 12.1 Å². The first kappa shape index (κ1) is 18.7. The average Bonchev–Trinajstić information content (AvgIpc) is 3.43. The standard InChI is InChI=1S/C19H20N2O4S2/c22-8-13-18(26-9-20-13)17(24)16-19(27-10-21-16)14(23)6-5-12-7-11-3-1-2-4-15(11)25-12/h1-4,7-8,13,16,18-21H,5-6,9-10H2/t13-,16-,18?,19?/m1/s1. The minimum Gasteiger partial charge on any atom is -0.461 e. The molecule has 0 amide bonds. The highest BCUT2D eigenvalue weighted by molar-refractivity contribution is 8.01. The molecule has 2 aliphatic heterocycles. The van der Waals surface area contributed by atoms with Gasteiger partial charge in [-0.25, -0.2) is 0 Å². The predicted octanol–water partition coefficient (Wildman–Crippen LogP) is 1.76. The summed E-state index contributed by atoms with van der Waals surface area (Å²) in [5.74, 6) is 1.90. The molecule has 0 spiro atoms. The van der Waals surface area contributed by atoms with Gasteiger partial charge in [-0.15, -0.1) is 23.5 Å². The molecule has 4 atom stereocenters. The lowest BCUT2D eigenvalue weighted by Gasteiger charge is -2.21. The van der Waals surface area contributed by atoms with Crippen LogP contribution in [0.5, 0.6) is 0 Å². The molecule has 2 aromatic rings. The molecule has 0 saturated carbocycles. The number of furan rings is 1. The van der Waals surface area contributed by atoms with Gasteiger partial charge in [0.15, 0.2) is 5.78 Å². The molecule has 2 N–H and O–H groups in total. The van der Waals surface area contributed by atoms with Crippen LogP contribution in [-0.4, -0.2) is 52.2 Å². The summed E-state index contributed by atoms with van der Waals surface area (Å²) in [6, 6.07) is 8.71. The van der Waals surface area contributed by atoms with Gasteiger partial charge in [-0.2, -0.15) is 0 Å². The topological polar surface area (TPSA) is 88.4 Å². The Morgan fingerprint density at radius 2 is 1.93 bits per heavy atom. The van der Waals surface area contributed by atoms with Crippen LogP contribution in [0.25, 0.3) is 11.0 Å². The van der Waals surface area contributed by atoms with E-state index in [9.17, 15) is 14.4 Å². The van der Waals surface area contributed by atoms with Crippen molar-refractivity contribution in [1.82, 2.24) is 10.6 Å². The van der Waals surface area contributed by atoms with Crippen LogP contribution in [0.15, 0.2) is 34.7 Å². The van der Waals surface area contributed by atoms with Crippen molar-refractivity contribution in [2.75, 3.05) is 11.8 Å². The number of fused-ring (bicyclic) bond motifs is 1. The van der Waals surface area contributed by atoms with E-state index in [0.717, 1.165) is 23.0 Å². The highest BCUT2D eigenvalue weighted by Gasteiger charge is 2.44. The van der Waals surface area contributed by atoms with Crippen LogP contribution in [0.3, 0.4) is 0 Å². The first-order valence-corrected chi connectivity index (χ1v) is 11.0. The maximum absolute atomic E-state index is 12.9. The minimum atomic E-state index is -0.530. The largest absolute Gasteiger partial charge is 0.461 e. The van der Waals surface area contributed by atoms with Crippen LogP contribution in [0.4, 0.5) is 0 Å². The fraction of sp³-hybridized carbons (Fsp3) is 0.421. The third-order valence-corrected chi connectivity index (χ3v) is 7.37. The first-order chi connectivity index (χ1) is 13.2. The molecule has 0 radical (unpaired) electrons. The van der Waals surface area contributed by atoms with Gasteiger partial charge in [0.25, 0.3) is 0 Å². The van der Waals surface area contributed by atoms with Gasteiger partial charge in [0.1, 0.15) is 23.4 Å². The summed E-state index contributed by atoms with van der Waals surface area (Å²) in [5.41, 5.74) is 0.815. The number of aryl methyl sites for hydroxylation is 1. The number of rotatable bonds is 7.